The molecular formula is C20H26N4O3. The van der Waals surface area contributed by atoms with Crippen molar-refractivity contribution >= 4 is 11.8 Å². The highest BCUT2D eigenvalue weighted by molar-refractivity contribution is 6.01. The average molecular weight is 370 g/mol. The van der Waals surface area contributed by atoms with Crippen LogP contribution in [0.25, 0.3) is 0 Å². The minimum atomic E-state index is -0.467. The van der Waals surface area contributed by atoms with E-state index in [1.54, 1.807) is 17.0 Å². The molecule has 3 rings (SSSR count). The number of benzene rings is 1. The van der Waals surface area contributed by atoms with Gasteiger partial charge in [-0.3, -0.25) is 4.90 Å². The van der Waals surface area contributed by atoms with Gasteiger partial charge in [-0.2, -0.15) is 5.26 Å². The fourth-order valence-corrected chi connectivity index (χ4v) is 3.16. The van der Waals surface area contributed by atoms with Gasteiger partial charge in [0.2, 0.25) is 0 Å². The van der Waals surface area contributed by atoms with E-state index in [9.17, 15) is 4.79 Å². The summed E-state index contributed by atoms with van der Waals surface area (Å²) in [6, 6.07) is 9.51. The Morgan fingerprint density at radius 1 is 1.26 bits per heavy atom. The number of oxime groups is 1. The topological polar surface area (TPSA) is 78.2 Å². The maximum atomic E-state index is 12.1. The maximum Gasteiger partial charge on any atom is 0.410 e. The summed E-state index contributed by atoms with van der Waals surface area (Å²) in [5.74, 6) is 0. The number of nitrogens with zero attached hydrogens (tertiary/aromatic N) is 4. The molecule has 2 aliphatic rings. The summed E-state index contributed by atoms with van der Waals surface area (Å²) in [5, 5.41) is 13.1. The van der Waals surface area contributed by atoms with Gasteiger partial charge in [-0.15, -0.1) is 0 Å². The lowest BCUT2D eigenvalue weighted by Crippen LogP contribution is -2.51. The van der Waals surface area contributed by atoms with E-state index in [0.717, 1.165) is 37.3 Å². The summed E-state index contributed by atoms with van der Waals surface area (Å²) < 4.78 is 5.43. The smallest absolute Gasteiger partial charge is 0.410 e. The quantitative estimate of drug-likeness (QED) is 0.817. The summed E-state index contributed by atoms with van der Waals surface area (Å²) in [6.07, 6.45) is 0.521. The van der Waals surface area contributed by atoms with Crippen molar-refractivity contribution in [1.29, 1.82) is 5.26 Å². The van der Waals surface area contributed by atoms with E-state index in [1.165, 1.54) is 0 Å². The molecule has 1 saturated heterocycles. The van der Waals surface area contributed by atoms with E-state index in [0.29, 0.717) is 18.7 Å². The van der Waals surface area contributed by atoms with E-state index in [4.69, 9.17) is 14.8 Å². The maximum absolute atomic E-state index is 12.1. The first kappa shape index (κ1) is 19.2. The van der Waals surface area contributed by atoms with Crippen LogP contribution in [0.1, 0.15) is 38.3 Å². The molecule has 7 heteroatoms. The molecule has 1 aromatic carbocycles. The molecule has 0 N–H and O–H groups in total. The average Bonchev–Trinajstić information content (AvgIpc) is 3.09. The van der Waals surface area contributed by atoms with Crippen LogP contribution in [-0.2, 0) is 9.57 Å². The second-order valence-corrected chi connectivity index (χ2v) is 7.93. The first-order valence-corrected chi connectivity index (χ1v) is 9.27. The van der Waals surface area contributed by atoms with Crippen LogP contribution in [0.5, 0.6) is 0 Å². The van der Waals surface area contributed by atoms with Gasteiger partial charge in [0.05, 0.1) is 17.3 Å². The van der Waals surface area contributed by atoms with Crippen molar-refractivity contribution in [3.05, 3.63) is 35.4 Å². The lowest BCUT2D eigenvalue weighted by atomic mass is 10.0. The van der Waals surface area contributed by atoms with Crippen molar-refractivity contribution in [2.75, 3.05) is 32.7 Å². The number of hydrogen-bond donors (Lipinski definition) is 0. The molecule has 0 bridgehead atoms. The molecule has 27 heavy (non-hydrogen) atoms. The van der Waals surface area contributed by atoms with Gasteiger partial charge in [-0.05, 0) is 38.5 Å². The van der Waals surface area contributed by atoms with Crippen molar-refractivity contribution in [2.45, 2.75) is 38.9 Å². The van der Waals surface area contributed by atoms with Gasteiger partial charge in [0, 0.05) is 39.1 Å². The SMILES string of the molecule is CC(C)(C)OC(=O)N1CCN(CC2CC(c3ccc(C#N)cc3)=NO2)CC1. The summed E-state index contributed by atoms with van der Waals surface area (Å²) in [5.41, 5.74) is 2.08. The first-order chi connectivity index (χ1) is 12.8. The van der Waals surface area contributed by atoms with Crippen LogP contribution in [0.3, 0.4) is 0 Å². The Balaban J connectivity index is 1.44. The third-order valence-corrected chi connectivity index (χ3v) is 4.57. The normalized spacial score (nSPS) is 20.6. The highest BCUT2D eigenvalue weighted by Crippen LogP contribution is 2.19. The van der Waals surface area contributed by atoms with Crippen LogP contribution in [-0.4, -0.2) is 66.0 Å². The summed E-state index contributed by atoms with van der Waals surface area (Å²) in [4.78, 5) is 21.8. The molecule has 1 aromatic rings. The molecule has 0 saturated carbocycles. The standard InChI is InChI=1S/C20H26N4O3/c1-20(2,3)26-19(25)24-10-8-23(9-11-24)14-17-12-18(22-27-17)16-6-4-15(13-21)5-7-16/h4-7,17H,8-12,14H2,1-3H3. The van der Waals surface area contributed by atoms with Crippen molar-refractivity contribution in [3.63, 3.8) is 0 Å². The largest absolute Gasteiger partial charge is 0.444 e. The van der Waals surface area contributed by atoms with Crippen LogP contribution in [0, 0.1) is 11.3 Å². The zero-order valence-corrected chi connectivity index (χ0v) is 16.1. The Morgan fingerprint density at radius 2 is 1.93 bits per heavy atom. The fourth-order valence-electron chi connectivity index (χ4n) is 3.16. The predicted octanol–water partition coefficient (Wildman–Crippen LogP) is 2.60. The Morgan fingerprint density at radius 3 is 2.52 bits per heavy atom. The van der Waals surface area contributed by atoms with Gasteiger partial charge >= 0.3 is 6.09 Å². The van der Waals surface area contributed by atoms with Gasteiger partial charge in [-0.1, -0.05) is 17.3 Å². The van der Waals surface area contributed by atoms with Crippen LogP contribution in [0.15, 0.2) is 29.4 Å². The summed E-state index contributed by atoms with van der Waals surface area (Å²) in [7, 11) is 0. The number of piperazine rings is 1. The molecule has 1 atom stereocenters. The second kappa shape index (κ2) is 7.97. The van der Waals surface area contributed by atoms with Gasteiger partial charge in [0.1, 0.15) is 11.7 Å². The molecule has 1 amide bonds. The van der Waals surface area contributed by atoms with Crippen molar-refractivity contribution in [1.82, 2.24) is 9.80 Å². The number of rotatable bonds is 3. The molecule has 1 fully saturated rings. The van der Waals surface area contributed by atoms with Gasteiger partial charge in [0.15, 0.2) is 0 Å². The number of carbonyl (C=O) groups excluding carboxylic acids is 1. The molecule has 7 nitrogen and oxygen atoms in total. The van der Waals surface area contributed by atoms with E-state index in [-0.39, 0.29) is 12.2 Å². The number of amides is 1. The van der Waals surface area contributed by atoms with Crippen LogP contribution in [0.2, 0.25) is 0 Å². The lowest BCUT2D eigenvalue weighted by Gasteiger charge is -2.36. The molecule has 0 aromatic heterocycles. The first-order valence-electron chi connectivity index (χ1n) is 9.27. The molecule has 144 valence electrons. The van der Waals surface area contributed by atoms with Gasteiger partial charge in [-0.25, -0.2) is 4.79 Å². The monoisotopic (exact) mass is 370 g/mol. The fraction of sp³-hybridized carbons (Fsp3) is 0.550. The Labute approximate surface area is 160 Å². The van der Waals surface area contributed by atoms with Crippen molar-refractivity contribution < 1.29 is 14.4 Å². The predicted molar refractivity (Wildman–Crippen MR) is 101 cm³/mol. The van der Waals surface area contributed by atoms with Crippen LogP contribution >= 0.6 is 0 Å². The van der Waals surface area contributed by atoms with Crippen LogP contribution in [0.4, 0.5) is 4.79 Å². The molecule has 0 aliphatic carbocycles. The minimum Gasteiger partial charge on any atom is -0.444 e. The molecule has 1 unspecified atom stereocenters. The third kappa shape index (κ3) is 5.20. The molecule has 2 aliphatic heterocycles. The summed E-state index contributed by atoms with van der Waals surface area (Å²) >= 11 is 0. The zero-order chi connectivity index (χ0) is 19.4. The highest BCUT2D eigenvalue weighted by Gasteiger charge is 2.29. The molecule has 0 radical (unpaired) electrons. The Bertz CT molecular complexity index is 738. The van der Waals surface area contributed by atoms with Gasteiger partial charge in [0.25, 0.3) is 0 Å². The lowest BCUT2D eigenvalue weighted by molar-refractivity contribution is 0.00519. The highest BCUT2D eigenvalue weighted by atomic mass is 16.6. The third-order valence-electron chi connectivity index (χ3n) is 4.57. The summed E-state index contributed by atoms with van der Waals surface area (Å²) in [6.45, 7) is 9.33. The van der Waals surface area contributed by atoms with E-state index >= 15 is 0 Å². The van der Waals surface area contributed by atoms with Crippen molar-refractivity contribution in [3.8, 4) is 6.07 Å². The van der Waals surface area contributed by atoms with E-state index in [2.05, 4.69) is 16.1 Å². The van der Waals surface area contributed by atoms with E-state index < -0.39 is 5.60 Å². The van der Waals surface area contributed by atoms with Gasteiger partial charge < -0.3 is 14.5 Å². The van der Waals surface area contributed by atoms with Crippen LogP contribution < -0.4 is 0 Å². The number of ether oxygens (including phenoxy) is 1. The molecule has 0 spiro atoms. The zero-order valence-electron chi connectivity index (χ0n) is 16.1. The van der Waals surface area contributed by atoms with E-state index in [1.807, 2.05) is 32.9 Å². The number of hydrogen-bond acceptors (Lipinski definition) is 6. The second-order valence-electron chi connectivity index (χ2n) is 7.93. The molecular weight excluding hydrogens is 344 g/mol. The molecule has 2 heterocycles. The number of carbonyl (C=O) groups is 1. The van der Waals surface area contributed by atoms with Crippen molar-refractivity contribution in [2.24, 2.45) is 5.16 Å². The Hall–Kier alpha value is -2.59. The Kier molecular flexibility index (Phi) is 5.66. The minimum absolute atomic E-state index is 0.0173. The number of nitriles is 1.